The third kappa shape index (κ3) is 3.75. The molecule has 0 atom stereocenters. The average Bonchev–Trinajstić information content (AvgIpc) is 3.37. The molecule has 0 saturated carbocycles. The number of hydrogen-bond acceptors (Lipinski definition) is 5. The molecular weight excluding hydrogens is 450 g/mol. The van der Waals surface area contributed by atoms with E-state index in [4.69, 9.17) is 9.47 Å². The van der Waals surface area contributed by atoms with Gasteiger partial charge in [-0.15, -0.1) is 11.3 Å². The number of rotatable bonds is 4. The minimum absolute atomic E-state index is 0.0820. The first-order valence-corrected chi connectivity index (χ1v) is 11.1. The van der Waals surface area contributed by atoms with Gasteiger partial charge in [-0.1, -0.05) is 34.1 Å². The first-order chi connectivity index (χ1) is 14.2. The summed E-state index contributed by atoms with van der Waals surface area (Å²) < 4.78 is 13.0. The van der Waals surface area contributed by atoms with Gasteiger partial charge in [0.2, 0.25) is 5.78 Å². The molecule has 4 nitrogen and oxygen atoms in total. The zero-order chi connectivity index (χ0) is 19.8. The lowest BCUT2D eigenvalue weighted by molar-refractivity contribution is 0.0951. The first-order valence-electron chi connectivity index (χ1n) is 9.40. The Balaban J connectivity index is 1.38. The van der Waals surface area contributed by atoms with Gasteiger partial charge in [0.1, 0.15) is 18.2 Å². The molecular formula is C23H18BrNO3S. The van der Waals surface area contributed by atoms with E-state index in [-0.39, 0.29) is 5.78 Å². The summed E-state index contributed by atoms with van der Waals surface area (Å²) in [7, 11) is 0. The predicted molar refractivity (Wildman–Crippen MR) is 117 cm³/mol. The lowest BCUT2D eigenvalue weighted by atomic mass is 10.0. The zero-order valence-electron chi connectivity index (χ0n) is 15.6. The number of halogens is 1. The first kappa shape index (κ1) is 18.6. The summed E-state index contributed by atoms with van der Waals surface area (Å²) in [5, 5.41) is 2.10. The summed E-state index contributed by atoms with van der Waals surface area (Å²) in [4.78, 5) is 16.5. The molecule has 0 unspecified atom stereocenters. The van der Waals surface area contributed by atoms with Crippen molar-refractivity contribution in [2.75, 3.05) is 13.3 Å². The van der Waals surface area contributed by atoms with Crippen molar-refractivity contribution >= 4 is 39.1 Å². The van der Waals surface area contributed by atoms with Gasteiger partial charge in [0, 0.05) is 22.4 Å². The van der Waals surface area contributed by atoms with Crippen molar-refractivity contribution < 1.29 is 14.3 Å². The van der Waals surface area contributed by atoms with Gasteiger partial charge in [-0.2, -0.15) is 0 Å². The Morgan fingerprint density at radius 2 is 2.00 bits per heavy atom. The highest BCUT2D eigenvalue weighted by Crippen LogP contribution is 2.42. The molecule has 0 N–H and O–H groups in total. The van der Waals surface area contributed by atoms with Gasteiger partial charge in [0.05, 0.1) is 11.1 Å². The second kappa shape index (κ2) is 7.78. The second-order valence-electron chi connectivity index (χ2n) is 7.07. The maximum atomic E-state index is 12.9. The van der Waals surface area contributed by atoms with E-state index < -0.39 is 0 Å². The number of ether oxygens (including phenoxy) is 2. The molecule has 0 bridgehead atoms. The summed E-state index contributed by atoms with van der Waals surface area (Å²) >= 11 is 5.20. The van der Waals surface area contributed by atoms with Crippen LogP contribution in [0.1, 0.15) is 26.4 Å². The summed E-state index contributed by atoms with van der Waals surface area (Å²) in [5.74, 6) is 1.71. The molecule has 0 amide bonds. The van der Waals surface area contributed by atoms with Crippen LogP contribution in [0.4, 0.5) is 0 Å². The van der Waals surface area contributed by atoms with Crippen LogP contribution in [0.3, 0.4) is 0 Å². The van der Waals surface area contributed by atoms with Crippen LogP contribution in [0.15, 0.2) is 64.1 Å². The molecule has 3 aromatic rings. The van der Waals surface area contributed by atoms with Crippen LogP contribution in [0.25, 0.3) is 6.08 Å². The Labute approximate surface area is 181 Å². The minimum Gasteiger partial charge on any atom is -0.478 e. The fourth-order valence-electron chi connectivity index (χ4n) is 3.58. The fourth-order valence-corrected chi connectivity index (χ4v) is 4.54. The molecule has 2 aromatic carbocycles. The number of carbonyl (C=O) groups is 1. The van der Waals surface area contributed by atoms with Crippen molar-refractivity contribution in [2.45, 2.75) is 13.0 Å². The summed E-state index contributed by atoms with van der Waals surface area (Å²) in [6.45, 7) is 2.16. The van der Waals surface area contributed by atoms with Crippen LogP contribution in [0.2, 0.25) is 0 Å². The third-order valence-corrected chi connectivity index (χ3v) is 6.57. The predicted octanol–water partition coefficient (Wildman–Crippen LogP) is 5.52. The summed E-state index contributed by atoms with van der Waals surface area (Å²) in [6, 6.07) is 15.7. The van der Waals surface area contributed by atoms with E-state index in [1.807, 2.05) is 30.3 Å². The highest BCUT2D eigenvalue weighted by atomic mass is 79.9. The van der Waals surface area contributed by atoms with Gasteiger partial charge in [0.25, 0.3) is 0 Å². The van der Waals surface area contributed by atoms with Gasteiger partial charge >= 0.3 is 0 Å². The number of carbonyl (C=O) groups excluding carboxylic acids is 1. The lowest BCUT2D eigenvalue weighted by Gasteiger charge is -2.29. The molecule has 0 aliphatic carbocycles. The highest BCUT2D eigenvalue weighted by molar-refractivity contribution is 9.10. The number of fused-ring (bicyclic) bond motifs is 3. The van der Waals surface area contributed by atoms with Gasteiger partial charge in [-0.3, -0.25) is 9.69 Å². The van der Waals surface area contributed by atoms with E-state index in [0.29, 0.717) is 30.3 Å². The molecule has 29 heavy (non-hydrogen) atoms. The maximum Gasteiger partial charge on any atom is 0.231 e. The van der Waals surface area contributed by atoms with Gasteiger partial charge in [-0.05, 0) is 53.8 Å². The Morgan fingerprint density at radius 3 is 2.79 bits per heavy atom. The van der Waals surface area contributed by atoms with E-state index in [9.17, 15) is 4.79 Å². The van der Waals surface area contributed by atoms with Crippen LogP contribution in [0.5, 0.6) is 11.5 Å². The Bertz CT molecular complexity index is 1090. The van der Waals surface area contributed by atoms with Crippen LogP contribution in [-0.4, -0.2) is 24.0 Å². The number of allylic oxidation sites excluding steroid dienone is 1. The van der Waals surface area contributed by atoms with Crippen molar-refractivity contribution in [3.63, 3.8) is 0 Å². The van der Waals surface area contributed by atoms with E-state index in [1.54, 1.807) is 23.5 Å². The fraction of sp³-hybridized carbons (Fsp3) is 0.174. The Kier molecular flexibility index (Phi) is 4.99. The molecule has 5 rings (SSSR count). The van der Waals surface area contributed by atoms with E-state index in [0.717, 1.165) is 34.3 Å². The van der Waals surface area contributed by atoms with Crippen LogP contribution in [0, 0.1) is 0 Å². The van der Waals surface area contributed by atoms with Crippen molar-refractivity contribution in [3.8, 4) is 11.5 Å². The number of hydrogen-bond donors (Lipinski definition) is 0. The van der Waals surface area contributed by atoms with E-state index >= 15 is 0 Å². The maximum absolute atomic E-state index is 12.9. The van der Waals surface area contributed by atoms with Gasteiger partial charge in [-0.25, -0.2) is 0 Å². The molecule has 2 aliphatic rings. The number of nitrogens with zero attached hydrogens (tertiary/aromatic N) is 1. The minimum atomic E-state index is -0.0820. The third-order valence-electron chi connectivity index (χ3n) is 5.10. The topological polar surface area (TPSA) is 38.8 Å². The number of ketones is 1. The molecule has 6 heteroatoms. The van der Waals surface area contributed by atoms with Crippen molar-refractivity contribution in [3.05, 3.63) is 85.7 Å². The number of benzene rings is 2. The SMILES string of the molecule is O=C1/C(=C/c2ccc(Br)cc2)Oc2c1ccc1c2CN(CCc2cccs2)CO1. The van der Waals surface area contributed by atoms with Gasteiger partial charge < -0.3 is 9.47 Å². The zero-order valence-corrected chi connectivity index (χ0v) is 18.0. The van der Waals surface area contributed by atoms with Crippen molar-refractivity contribution in [1.29, 1.82) is 0 Å². The molecule has 146 valence electrons. The van der Waals surface area contributed by atoms with Crippen LogP contribution < -0.4 is 9.47 Å². The molecule has 2 aliphatic heterocycles. The normalized spacial score (nSPS) is 17.0. The van der Waals surface area contributed by atoms with E-state index in [1.165, 1.54) is 4.88 Å². The molecule has 0 saturated heterocycles. The summed E-state index contributed by atoms with van der Waals surface area (Å²) in [6.07, 6.45) is 2.78. The average molecular weight is 468 g/mol. The van der Waals surface area contributed by atoms with Crippen LogP contribution >= 0.6 is 27.3 Å². The Hall–Kier alpha value is -2.41. The standard InChI is InChI=1S/C23H18BrNO3S/c24-16-5-3-15(4-6-16)12-21-22(26)18-7-8-20-19(23(18)28-21)13-25(14-27-20)10-9-17-2-1-11-29-17/h1-8,11-12H,9-10,13-14H2/b21-12-. The molecule has 0 fully saturated rings. The Morgan fingerprint density at radius 1 is 1.14 bits per heavy atom. The molecule has 1 aromatic heterocycles. The number of Topliss-reactive ketones (excluding diaryl/α,β-unsaturated/α-hetero) is 1. The largest absolute Gasteiger partial charge is 0.478 e. The van der Waals surface area contributed by atoms with Gasteiger partial charge in [0.15, 0.2) is 5.76 Å². The molecule has 3 heterocycles. The lowest BCUT2D eigenvalue weighted by Crippen LogP contribution is -2.33. The molecule has 0 radical (unpaired) electrons. The quantitative estimate of drug-likeness (QED) is 0.473. The van der Waals surface area contributed by atoms with Crippen LogP contribution in [-0.2, 0) is 13.0 Å². The highest BCUT2D eigenvalue weighted by Gasteiger charge is 2.33. The monoisotopic (exact) mass is 467 g/mol. The second-order valence-corrected chi connectivity index (χ2v) is 9.01. The molecule has 0 spiro atoms. The smallest absolute Gasteiger partial charge is 0.231 e. The summed E-state index contributed by atoms with van der Waals surface area (Å²) in [5.41, 5.74) is 2.48. The van der Waals surface area contributed by atoms with Crippen molar-refractivity contribution in [1.82, 2.24) is 4.90 Å². The van der Waals surface area contributed by atoms with Crippen molar-refractivity contribution in [2.24, 2.45) is 0 Å². The number of thiophene rings is 1. The van der Waals surface area contributed by atoms with E-state index in [2.05, 4.69) is 38.3 Å².